The van der Waals surface area contributed by atoms with E-state index >= 15 is 0 Å². The molecule has 106 valence electrons. The first-order valence-electron chi connectivity index (χ1n) is 6.26. The molecule has 2 aromatic rings. The van der Waals surface area contributed by atoms with Gasteiger partial charge in [0.1, 0.15) is 5.82 Å². The van der Waals surface area contributed by atoms with E-state index in [4.69, 9.17) is 0 Å². The summed E-state index contributed by atoms with van der Waals surface area (Å²) >= 11 is 6.61. The Morgan fingerprint density at radius 3 is 2.20 bits per heavy atom. The third-order valence-electron chi connectivity index (χ3n) is 3.08. The van der Waals surface area contributed by atoms with Crippen molar-refractivity contribution in [1.29, 1.82) is 0 Å². The van der Waals surface area contributed by atoms with Crippen LogP contribution in [0.15, 0.2) is 51.4 Å². The second-order valence-electron chi connectivity index (χ2n) is 5.21. The van der Waals surface area contributed by atoms with Crippen LogP contribution in [0, 0.1) is 5.82 Å². The van der Waals surface area contributed by atoms with E-state index < -0.39 is 5.60 Å². The van der Waals surface area contributed by atoms with E-state index in [2.05, 4.69) is 31.9 Å². The fourth-order valence-corrected chi connectivity index (χ4v) is 2.78. The van der Waals surface area contributed by atoms with Crippen molar-refractivity contribution < 1.29 is 9.50 Å². The Morgan fingerprint density at radius 2 is 1.60 bits per heavy atom. The monoisotopic (exact) mass is 400 g/mol. The first kappa shape index (κ1) is 15.7. The minimum Gasteiger partial charge on any atom is -0.389 e. The maximum atomic E-state index is 13.8. The molecular weight excluding hydrogens is 387 g/mol. The smallest absolute Gasteiger partial charge is 0.127 e. The highest BCUT2D eigenvalue weighted by Gasteiger charge is 2.23. The van der Waals surface area contributed by atoms with Gasteiger partial charge in [-0.15, -0.1) is 0 Å². The first-order chi connectivity index (χ1) is 9.35. The molecule has 1 unspecified atom stereocenters. The van der Waals surface area contributed by atoms with Crippen LogP contribution in [0.4, 0.5) is 4.39 Å². The van der Waals surface area contributed by atoms with E-state index in [1.54, 1.807) is 19.1 Å². The second kappa shape index (κ2) is 6.37. The lowest BCUT2D eigenvalue weighted by molar-refractivity contribution is 0.0599. The SMILES string of the molecule is CC(O)(Cc1ccc(Br)cc1)Cc1ccc(Br)cc1F. The summed E-state index contributed by atoms with van der Waals surface area (Å²) in [6.45, 7) is 1.73. The van der Waals surface area contributed by atoms with Crippen molar-refractivity contribution in [2.45, 2.75) is 25.4 Å². The first-order valence-corrected chi connectivity index (χ1v) is 7.85. The summed E-state index contributed by atoms with van der Waals surface area (Å²) in [5.74, 6) is -0.296. The molecule has 0 radical (unpaired) electrons. The van der Waals surface area contributed by atoms with Crippen LogP contribution in [0.1, 0.15) is 18.1 Å². The minimum atomic E-state index is -0.984. The van der Waals surface area contributed by atoms with Gasteiger partial charge in [-0.3, -0.25) is 0 Å². The molecule has 0 aliphatic rings. The molecule has 0 fully saturated rings. The Balaban J connectivity index is 2.12. The number of rotatable bonds is 4. The van der Waals surface area contributed by atoms with Crippen LogP contribution in [0.5, 0.6) is 0 Å². The Labute approximate surface area is 135 Å². The molecule has 20 heavy (non-hydrogen) atoms. The third-order valence-corrected chi connectivity index (χ3v) is 4.11. The normalized spacial score (nSPS) is 14.1. The van der Waals surface area contributed by atoms with Gasteiger partial charge in [-0.05, 0) is 42.3 Å². The standard InChI is InChI=1S/C16H15Br2FO/c1-16(20,9-11-2-5-13(17)6-3-11)10-12-4-7-14(18)8-15(12)19/h2-8,20H,9-10H2,1H3. The summed E-state index contributed by atoms with van der Waals surface area (Å²) in [5, 5.41) is 10.5. The van der Waals surface area contributed by atoms with Gasteiger partial charge in [0.25, 0.3) is 0 Å². The largest absolute Gasteiger partial charge is 0.389 e. The number of hydrogen-bond donors (Lipinski definition) is 1. The summed E-state index contributed by atoms with van der Waals surface area (Å²) < 4.78 is 15.5. The molecule has 2 aromatic carbocycles. The molecule has 0 saturated carbocycles. The van der Waals surface area contributed by atoms with Crippen molar-refractivity contribution in [2.24, 2.45) is 0 Å². The van der Waals surface area contributed by atoms with E-state index in [1.165, 1.54) is 6.07 Å². The Morgan fingerprint density at radius 1 is 1.00 bits per heavy atom. The van der Waals surface area contributed by atoms with Gasteiger partial charge in [-0.2, -0.15) is 0 Å². The average Bonchev–Trinajstić information content (AvgIpc) is 2.35. The van der Waals surface area contributed by atoms with Crippen LogP contribution in [-0.2, 0) is 12.8 Å². The molecule has 1 N–H and O–H groups in total. The van der Waals surface area contributed by atoms with Gasteiger partial charge in [0, 0.05) is 21.8 Å². The van der Waals surface area contributed by atoms with Crippen molar-refractivity contribution in [2.75, 3.05) is 0 Å². The lowest BCUT2D eigenvalue weighted by Gasteiger charge is -2.24. The fraction of sp³-hybridized carbons (Fsp3) is 0.250. The van der Waals surface area contributed by atoms with Crippen molar-refractivity contribution in [3.63, 3.8) is 0 Å². The van der Waals surface area contributed by atoms with Crippen LogP contribution in [0.3, 0.4) is 0 Å². The number of aliphatic hydroxyl groups is 1. The highest BCUT2D eigenvalue weighted by molar-refractivity contribution is 9.10. The number of halogens is 3. The Kier molecular flexibility index (Phi) is 4.99. The maximum Gasteiger partial charge on any atom is 0.127 e. The highest BCUT2D eigenvalue weighted by atomic mass is 79.9. The molecule has 0 saturated heterocycles. The van der Waals surface area contributed by atoms with Crippen LogP contribution in [0.2, 0.25) is 0 Å². The molecular formula is C16H15Br2FO. The summed E-state index contributed by atoms with van der Waals surface area (Å²) in [4.78, 5) is 0. The van der Waals surface area contributed by atoms with Crippen molar-refractivity contribution in [1.82, 2.24) is 0 Å². The summed E-state index contributed by atoms with van der Waals surface area (Å²) in [6, 6.07) is 12.7. The number of hydrogen-bond acceptors (Lipinski definition) is 1. The van der Waals surface area contributed by atoms with Crippen LogP contribution < -0.4 is 0 Å². The number of benzene rings is 2. The van der Waals surface area contributed by atoms with Gasteiger partial charge in [0.15, 0.2) is 0 Å². The lowest BCUT2D eigenvalue weighted by Crippen LogP contribution is -2.30. The topological polar surface area (TPSA) is 20.2 Å². The third kappa shape index (κ3) is 4.40. The van der Waals surface area contributed by atoms with Gasteiger partial charge in [0.05, 0.1) is 5.60 Å². The van der Waals surface area contributed by atoms with Gasteiger partial charge in [-0.25, -0.2) is 4.39 Å². The van der Waals surface area contributed by atoms with Crippen LogP contribution >= 0.6 is 31.9 Å². The second-order valence-corrected chi connectivity index (χ2v) is 7.04. The molecule has 0 aliphatic heterocycles. The molecule has 0 aliphatic carbocycles. The molecule has 0 aromatic heterocycles. The maximum absolute atomic E-state index is 13.8. The zero-order chi connectivity index (χ0) is 14.8. The molecule has 1 atom stereocenters. The highest BCUT2D eigenvalue weighted by Crippen LogP contribution is 2.23. The van der Waals surface area contributed by atoms with Crippen molar-refractivity contribution >= 4 is 31.9 Å². The molecule has 1 nitrogen and oxygen atoms in total. The fourth-order valence-electron chi connectivity index (χ4n) is 2.18. The van der Waals surface area contributed by atoms with Gasteiger partial charge in [0.2, 0.25) is 0 Å². The van der Waals surface area contributed by atoms with E-state index in [0.717, 1.165) is 10.0 Å². The summed E-state index contributed by atoms with van der Waals surface area (Å²) in [5.41, 5.74) is 0.564. The van der Waals surface area contributed by atoms with E-state index in [9.17, 15) is 9.50 Å². The van der Waals surface area contributed by atoms with E-state index in [0.29, 0.717) is 16.5 Å². The molecule has 0 amide bonds. The van der Waals surface area contributed by atoms with E-state index in [1.807, 2.05) is 24.3 Å². The minimum absolute atomic E-state index is 0.280. The van der Waals surface area contributed by atoms with Crippen molar-refractivity contribution in [3.05, 3.63) is 68.4 Å². The zero-order valence-electron chi connectivity index (χ0n) is 11.0. The predicted octanol–water partition coefficient (Wildman–Crippen LogP) is 4.89. The predicted molar refractivity (Wildman–Crippen MR) is 86.3 cm³/mol. The molecule has 0 bridgehead atoms. The molecule has 4 heteroatoms. The van der Waals surface area contributed by atoms with Gasteiger partial charge < -0.3 is 5.11 Å². The van der Waals surface area contributed by atoms with Gasteiger partial charge in [-0.1, -0.05) is 50.1 Å². The average molecular weight is 402 g/mol. The van der Waals surface area contributed by atoms with Crippen molar-refractivity contribution in [3.8, 4) is 0 Å². The molecule has 0 spiro atoms. The van der Waals surface area contributed by atoms with Crippen LogP contribution in [0.25, 0.3) is 0 Å². The summed E-state index contributed by atoms with van der Waals surface area (Å²) in [7, 11) is 0. The Bertz CT molecular complexity index is 594. The van der Waals surface area contributed by atoms with E-state index in [-0.39, 0.29) is 12.2 Å². The molecule has 0 heterocycles. The summed E-state index contributed by atoms with van der Waals surface area (Å²) in [6.07, 6.45) is 0.762. The van der Waals surface area contributed by atoms with Crippen LogP contribution in [-0.4, -0.2) is 10.7 Å². The quantitative estimate of drug-likeness (QED) is 0.773. The lowest BCUT2D eigenvalue weighted by atomic mass is 9.90. The zero-order valence-corrected chi connectivity index (χ0v) is 14.2. The molecule has 2 rings (SSSR count). The Hall–Kier alpha value is -0.710. The van der Waals surface area contributed by atoms with Gasteiger partial charge >= 0.3 is 0 Å².